The Balaban J connectivity index is 2.26. The van der Waals surface area contributed by atoms with Crippen molar-refractivity contribution >= 4 is 45.7 Å². The lowest BCUT2D eigenvalue weighted by atomic mass is 10.2. The number of hydrazone groups is 1. The fraction of sp³-hybridized carbons (Fsp3) is 0.0667. The van der Waals surface area contributed by atoms with Gasteiger partial charge in [-0.1, -0.05) is 46.9 Å². The highest BCUT2D eigenvalue weighted by Gasteiger charge is 2.32. The number of nitrogens with zero attached hydrogens (tertiary/aromatic N) is 2. The molecule has 0 aromatic heterocycles. The number of nitrogens with one attached hydrogen (secondary N) is 1. The van der Waals surface area contributed by atoms with Gasteiger partial charge in [-0.3, -0.25) is 5.43 Å². The van der Waals surface area contributed by atoms with E-state index in [-0.39, 0.29) is 20.9 Å². The normalized spacial score (nSPS) is 12.0. The molecule has 2 rings (SSSR count). The number of rotatable bonds is 3. The molecule has 0 aliphatic carbocycles. The summed E-state index contributed by atoms with van der Waals surface area (Å²) >= 11 is 17.6. The monoisotopic (exact) mass is 391 g/mol. The van der Waals surface area contributed by atoms with E-state index in [2.05, 4.69) is 10.5 Å². The van der Waals surface area contributed by atoms with E-state index >= 15 is 0 Å². The molecule has 0 radical (unpaired) electrons. The van der Waals surface area contributed by atoms with E-state index in [9.17, 15) is 13.2 Å². The third kappa shape index (κ3) is 4.32. The summed E-state index contributed by atoms with van der Waals surface area (Å²) in [4.78, 5) is 0. The maximum Gasteiger partial charge on any atom is 0.416 e. The van der Waals surface area contributed by atoms with Crippen LogP contribution in [0.3, 0.4) is 0 Å². The molecule has 0 saturated carbocycles. The van der Waals surface area contributed by atoms with Crippen molar-refractivity contribution in [3.8, 4) is 6.07 Å². The number of hydrogen-bond acceptors (Lipinski definition) is 3. The van der Waals surface area contributed by atoms with Crippen LogP contribution in [0.25, 0.3) is 0 Å². The smallest absolute Gasteiger partial charge is 0.274 e. The van der Waals surface area contributed by atoms with Crippen LogP contribution in [0.4, 0.5) is 18.9 Å². The van der Waals surface area contributed by atoms with E-state index in [1.807, 2.05) is 6.07 Å². The topological polar surface area (TPSA) is 48.2 Å². The van der Waals surface area contributed by atoms with Crippen LogP contribution in [-0.4, -0.2) is 5.17 Å². The predicted octanol–water partition coefficient (Wildman–Crippen LogP) is 5.90. The van der Waals surface area contributed by atoms with Gasteiger partial charge in [0.2, 0.25) is 0 Å². The van der Waals surface area contributed by atoms with Gasteiger partial charge in [-0.25, -0.2) is 0 Å². The zero-order valence-corrected chi connectivity index (χ0v) is 13.9. The van der Waals surface area contributed by atoms with Crippen molar-refractivity contribution in [3.05, 3.63) is 63.1 Å². The van der Waals surface area contributed by atoms with Crippen molar-refractivity contribution in [1.82, 2.24) is 0 Å². The van der Waals surface area contributed by atoms with E-state index in [1.165, 1.54) is 0 Å². The summed E-state index contributed by atoms with van der Waals surface area (Å²) in [5, 5.41) is 12.1. The molecule has 0 saturated heterocycles. The van der Waals surface area contributed by atoms with Crippen LogP contribution in [0.5, 0.6) is 0 Å². The van der Waals surface area contributed by atoms with E-state index in [1.54, 1.807) is 24.3 Å². The molecule has 0 amide bonds. The molecule has 124 valence electrons. The number of halogens is 6. The van der Waals surface area contributed by atoms with Gasteiger partial charge in [0, 0.05) is 5.56 Å². The van der Waals surface area contributed by atoms with Crippen LogP contribution in [0.15, 0.2) is 41.5 Å². The molecule has 0 spiro atoms. The minimum absolute atomic E-state index is 0.00173. The van der Waals surface area contributed by atoms with Crippen LogP contribution < -0.4 is 5.43 Å². The van der Waals surface area contributed by atoms with Crippen molar-refractivity contribution < 1.29 is 13.2 Å². The molecule has 0 bridgehead atoms. The van der Waals surface area contributed by atoms with Gasteiger partial charge in [-0.05, 0) is 24.3 Å². The number of hydrogen-bond donors (Lipinski definition) is 1. The maximum absolute atomic E-state index is 12.7. The van der Waals surface area contributed by atoms with E-state index in [4.69, 9.17) is 40.1 Å². The van der Waals surface area contributed by atoms with Gasteiger partial charge in [0.25, 0.3) is 0 Å². The predicted molar refractivity (Wildman–Crippen MR) is 88.6 cm³/mol. The average molecular weight is 393 g/mol. The minimum Gasteiger partial charge on any atom is -0.274 e. The third-order valence-corrected chi connectivity index (χ3v) is 3.79. The molecule has 24 heavy (non-hydrogen) atoms. The Bertz CT molecular complexity index is 802. The zero-order valence-electron chi connectivity index (χ0n) is 11.6. The molecule has 0 atom stereocenters. The molecule has 0 aliphatic heterocycles. The first kappa shape index (κ1) is 18.4. The fourth-order valence-corrected chi connectivity index (χ4v) is 2.44. The highest BCUT2D eigenvalue weighted by molar-refractivity contribution is 6.69. The van der Waals surface area contributed by atoms with Gasteiger partial charge < -0.3 is 0 Å². The Morgan fingerprint density at radius 1 is 1.08 bits per heavy atom. The highest BCUT2D eigenvalue weighted by Crippen LogP contribution is 2.38. The molecule has 1 N–H and O–H groups in total. The van der Waals surface area contributed by atoms with Gasteiger partial charge in [0.15, 0.2) is 5.17 Å². The molecule has 0 unspecified atom stereocenters. The van der Waals surface area contributed by atoms with Crippen molar-refractivity contribution in [1.29, 1.82) is 5.26 Å². The van der Waals surface area contributed by atoms with Crippen molar-refractivity contribution in [2.45, 2.75) is 6.18 Å². The van der Waals surface area contributed by atoms with Crippen LogP contribution >= 0.6 is 34.8 Å². The van der Waals surface area contributed by atoms with Crippen LogP contribution in [0.1, 0.15) is 16.7 Å². The fourth-order valence-electron chi connectivity index (χ4n) is 1.70. The number of alkyl halides is 3. The van der Waals surface area contributed by atoms with Gasteiger partial charge in [-0.15, -0.1) is 0 Å². The second-order valence-corrected chi connectivity index (χ2v) is 5.69. The lowest BCUT2D eigenvalue weighted by molar-refractivity contribution is -0.137. The van der Waals surface area contributed by atoms with Crippen molar-refractivity contribution in [2.24, 2.45) is 5.10 Å². The molecule has 0 heterocycles. The summed E-state index contributed by atoms with van der Waals surface area (Å²) < 4.78 is 38.0. The standard InChI is InChI=1S/C15H7Cl3F3N3/c16-11-5-10(15(19,20)21)6-12(17)13(11)23-24-14(18)9-3-1-8(7-22)2-4-9/h1-6,23H. The SMILES string of the molecule is N#Cc1ccc(C(Cl)=NNc2c(Cl)cc(C(F)(F)F)cc2Cl)cc1. The summed E-state index contributed by atoms with van der Waals surface area (Å²) in [6.07, 6.45) is -4.56. The van der Waals surface area contributed by atoms with Crippen molar-refractivity contribution in [2.75, 3.05) is 5.43 Å². The van der Waals surface area contributed by atoms with Crippen LogP contribution in [0, 0.1) is 11.3 Å². The molecular weight excluding hydrogens is 386 g/mol. The zero-order chi connectivity index (χ0) is 17.9. The Kier molecular flexibility index (Phi) is 5.60. The summed E-state index contributed by atoms with van der Waals surface area (Å²) in [7, 11) is 0. The maximum atomic E-state index is 12.7. The molecular formula is C15H7Cl3F3N3. The summed E-state index contributed by atoms with van der Waals surface area (Å²) in [6, 6.07) is 9.67. The molecule has 9 heteroatoms. The van der Waals surface area contributed by atoms with E-state index < -0.39 is 11.7 Å². The Labute approximate surface area is 150 Å². The quantitative estimate of drug-likeness (QED) is 0.522. The number of benzene rings is 2. The Hall–Kier alpha value is -1.94. The van der Waals surface area contributed by atoms with Crippen LogP contribution in [-0.2, 0) is 6.18 Å². The lowest BCUT2D eigenvalue weighted by Crippen LogP contribution is -2.06. The number of nitriles is 1. The number of anilines is 1. The van der Waals surface area contributed by atoms with Gasteiger partial charge in [-0.2, -0.15) is 23.5 Å². The summed E-state index contributed by atoms with van der Waals surface area (Å²) in [6.45, 7) is 0. The van der Waals surface area contributed by atoms with Gasteiger partial charge in [0.05, 0.1) is 32.9 Å². The third-order valence-electron chi connectivity index (χ3n) is 2.89. The molecule has 2 aromatic rings. The second-order valence-electron chi connectivity index (χ2n) is 4.52. The first-order chi connectivity index (χ1) is 11.2. The average Bonchev–Trinajstić information content (AvgIpc) is 2.53. The van der Waals surface area contributed by atoms with Crippen LogP contribution in [0.2, 0.25) is 10.0 Å². The Morgan fingerprint density at radius 2 is 1.62 bits per heavy atom. The molecule has 3 nitrogen and oxygen atoms in total. The first-order valence-electron chi connectivity index (χ1n) is 6.28. The highest BCUT2D eigenvalue weighted by atomic mass is 35.5. The van der Waals surface area contributed by atoms with Gasteiger partial charge >= 0.3 is 6.18 Å². The summed E-state index contributed by atoms with van der Waals surface area (Å²) in [5.41, 5.74) is 2.43. The van der Waals surface area contributed by atoms with E-state index in [0.717, 1.165) is 12.1 Å². The minimum atomic E-state index is -4.56. The second kappa shape index (κ2) is 7.31. The first-order valence-corrected chi connectivity index (χ1v) is 7.41. The largest absolute Gasteiger partial charge is 0.416 e. The molecule has 2 aromatic carbocycles. The van der Waals surface area contributed by atoms with E-state index in [0.29, 0.717) is 11.1 Å². The van der Waals surface area contributed by atoms with Gasteiger partial charge in [0.1, 0.15) is 0 Å². The Morgan fingerprint density at radius 3 is 2.08 bits per heavy atom. The molecule has 0 aliphatic rings. The summed E-state index contributed by atoms with van der Waals surface area (Å²) in [5.74, 6) is 0. The lowest BCUT2D eigenvalue weighted by Gasteiger charge is -2.12. The van der Waals surface area contributed by atoms with Crippen molar-refractivity contribution in [3.63, 3.8) is 0 Å². The molecule has 0 fully saturated rings.